The lowest BCUT2D eigenvalue weighted by Crippen LogP contribution is -2.30. The summed E-state index contributed by atoms with van der Waals surface area (Å²) in [7, 11) is -0.697. The SMILES string of the molecule is COC[C@@H](C)CNC(=O)c1cc(S(=O)(=O)Nc2ccc(OC)cc2)ccc1C. The molecule has 2 N–H and O–H groups in total. The first kappa shape index (κ1) is 21.7. The van der Waals surface area contributed by atoms with Crippen molar-refractivity contribution in [2.24, 2.45) is 5.92 Å². The number of hydrogen-bond donors (Lipinski definition) is 2. The van der Waals surface area contributed by atoms with Crippen molar-refractivity contribution >= 4 is 21.6 Å². The number of nitrogens with one attached hydrogen (secondary N) is 2. The van der Waals surface area contributed by atoms with E-state index < -0.39 is 10.0 Å². The van der Waals surface area contributed by atoms with Gasteiger partial charge >= 0.3 is 0 Å². The largest absolute Gasteiger partial charge is 0.497 e. The Morgan fingerprint density at radius 1 is 1.11 bits per heavy atom. The fourth-order valence-corrected chi connectivity index (χ4v) is 3.68. The van der Waals surface area contributed by atoms with Crippen molar-refractivity contribution < 1.29 is 22.7 Å². The molecule has 0 bridgehead atoms. The topological polar surface area (TPSA) is 93.7 Å². The van der Waals surface area contributed by atoms with Crippen LogP contribution in [0.2, 0.25) is 0 Å². The third-order valence-electron chi connectivity index (χ3n) is 4.17. The van der Waals surface area contributed by atoms with Crippen molar-refractivity contribution in [2.45, 2.75) is 18.7 Å². The van der Waals surface area contributed by atoms with Crippen molar-refractivity contribution in [1.82, 2.24) is 5.32 Å². The van der Waals surface area contributed by atoms with Crippen molar-refractivity contribution in [3.63, 3.8) is 0 Å². The molecule has 0 saturated carbocycles. The van der Waals surface area contributed by atoms with Crippen LogP contribution in [0, 0.1) is 12.8 Å². The molecule has 8 heteroatoms. The molecule has 0 heterocycles. The average Bonchev–Trinajstić information content (AvgIpc) is 2.67. The molecule has 0 radical (unpaired) electrons. The van der Waals surface area contributed by atoms with Crippen LogP contribution in [0.5, 0.6) is 5.75 Å². The molecule has 0 spiro atoms. The van der Waals surface area contributed by atoms with Gasteiger partial charge in [-0.05, 0) is 54.8 Å². The molecule has 2 aromatic rings. The Bertz CT molecular complexity index is 911. The number of carbonyl (C=O) groups excluding carboxylic acids is 1. The highest BCUT2D eigenvalue weighted by Gasteiger charge is 2.18. The summed E-state index contributed by atoms with van der Waals surface area (Å²) in [4.78, 5) is 12.5. The minimum Gasteiger partial charge on any atom is -0.497 e. The first-order chi connectivity index (χ1) is 13.3. The molecule has 0 saturated heterocycles. The Kier molecular flexibility index (Phi) is 7.42. The van der Waals surface area contributed by atoms with Gasteiger partial charge in [0.25, 0.3) is 15.9 Å². The molecule has 0 fully saturated rings. The second kappa shape index (κ2) is 9.57. The molecule has 0 aliphatic carbocycles. The third kappa shape index (κ3) is 5.71. The third-order valence-corrected chi connectivity index (χ3v) is 5.55. The lowest BCUT2D eigenvalue weighted by Gasteiger charge is -2.14. The fourth-order valence-electron chi connectivity index (χ4n) is 2.59. The molecule has 0 aliphatic heterocycles. The Morgan fingerprint density at radius 2 is 1.79 bits per heavy atom. The van der Waals surface area contributed by atoms with E-state index in [0.717, 1.165) is 0 Å². The van der Waals surface area contributed by atoms with Crippen molar-refractivity contribution in [3.8, 4) is 5.75 Å². The summed E-state index contributed by atoms with van der Waals surface area (Å²) >= 11 is 0. The first-order valence-corrected chi connectivity index (χ1v) is 10.3. The van der Waals surface area contributed by atoms with Gasteiger partial charge in [0.05, 0.1) is 18.6 Å². The Hall–Kier alpha value is -2.58. The molecule has 1 amide bonds. The molecular formula is C20H26N2O5S. The van der Waals surface area contributed by atoms with E-state index in [1.807, 2.05) is 6.92 Å². The van der Waals surface area contributed by atoms with E-state index in [9.17, 15) is 13.2 Å². The van der Waals surface area contributed by atoms with Crippen LogP contribution in [0.4, 0.5) is 5.69 Å². The highest BCUT2D eigenvalue weighted by molar-refractivity contribution is 7.92. The minimum atomic E-state index is -3.84. The van der Waals surface area contributed by atoms with Crippen LogP contribution >= 0.6 is 0 Å². The van der Waals surface area contributed by atoms with Gasteiger partial charge in [-0.1, -0.05) is 13.0 Å². The Balaban J connectivity index is 2.18. The van der Waals surface area contributed by atoms with Gasteiger partial charge in [-0.25, -0.2) is 8.42 Å². The highest BCUT2D eigenvalue weighted by atomic mass is 32.2. The minimum absolute atomic E-state index is 0.0176. The summed E-state index contributed by atoms with van der Waals surface area (Å²) < 4.78 is 38.0. The van der Waals surface area contributed by atoms with Crippen molar-refractivity contribution in [3.05, 3.63) is 53.6 Å². The Labute approximate surface area is 166 Å². The zero-order valence-electron chi connectivity index (χ0n) is 16.5. The van der Waals surface area contributed by atoms with Crippen LogP contribution in [0.1, 0.15) is 22.8 Å². The maximum Gasteiger partial charge on any atom is 0.261 e. The van der Waals surface area contributed by atoms with E-state index in [-0.39, 0.29) is 16.7 Å². The molecule has 152 valence electrons. The number of ether oxygens (including phenoxy) is 2. The maximum absolute atomic E-state index is 12.7. The highest BCUT2D eigenvalue weighted by Crippen LogP contribution is 2.21. The molecule has 0 aliphatic rings. The van der Waals surface area contributed by atoms with E-state index in [1.165, 1.54) is 19.2 Å². The molecular weight excluding hydrogens is 380 g/mol. The second-order valence-electron chi connectivity index (χ2n) is 6.58. The summed E-state index contributed by atoms with van der Waals surface area (Å²) in [6.07, 6.45) is 0. The maximum atomic E-state index is 12.7. The number of amides is 1. The van der Waals surface area contributed by atoms with Gasteiger partial charge in [-0.15, -0.1) is 0 Å². The number of carbonyl (C=O) groups is 1. The van der Waals surface area contributed by atoms with E-state index in [0.29, 0.717) is 35.7 Å². The number of anilines is 1. The quantitative estimate of drug-likeness (QED) is 0.668. The smallest absolute Gasteiger partial charge is 0.261 e. The number of methoxy groups -OCH3 is 2. The number of hydrogen-bond acceptors (Lipinski definition) is 5. The van der Waals surface area contributed by atoms with Gasteiger partial charge in [0.1, 0.15) is 5.75 Å². The van der Waals surface area contributed by atoms with Crippen LogP contribution in [0.15, 0.2) is 47.4 Å². The van der Waals surface area contributed by atoms with Gasteiger partial charge in [0.2, 0.25) is 0 Å². The second-order valence-corrected chi connectivity index (χ2v) is 8.26. The Morgan fingerprint density at radius 3 is 2.39 bits per heavy atom. The average molecular weight is 407 g/mol. The van der Waals surface area contributed by atoms with Crippen molar-refractivity contribution in [2.75, 3.05) is 32.1 Å². The standard InChI is InChI=1S/C20H26N2O5S/c1-14(13-26-3)12-21-20(23)19-11-18(10-5-15(19)2)28(24,25)22-16-6-8-17(27-4)9-7-16/h5-11,14,22H,12-13H2,1-4H3,(H,21,23)/t14-/m0/s1. The molecule has 28 heavy (non-hydrogen) atoms. The summed E-state index contributed by atoms with van der Waals surface area (Å²) in [5.74, 6) is 0.458. The lowest BCUT2D eigenvalue weighted by molar-refractivity contribution is 0.0933. The van der Waals surface area contributed by atoms with Crippen LogP contribution in [-0.4, -0.2) is 41.7 Å². The molecule has 7 nitrogen and oxygen atoms in total. The predicted molar refractivity (Wildman–Crippen MR) is 108 cm³/mol. The molecule has 0 unspecified atom stereocenters. The van der Waals surface area contributed by atoms with Gasteiger partial charge in [-0.3, -0.25) is 9.52 Å². The van der Waals surface area contributed by atoms with Gasteiger partial charge in [0, 0.05) is 24.9 Å². The summed E-state index contributed by atoms with van der Waals surface area (Å²) in [6.45, 7) is 4.68. The molecule has 2 aromatic carbocycles. The normalized spacial score (nSPS) is 12.3. The van der Waals surface area contributed by atoms with Crippen LogP contribution < -0.4 is 14.8 Å². The van der Waals surface area contributed by atoms with Gasteiger partial charge in [0.15, 0.2) is 0 Å². The predicted octanol–water partition coefficient (Wildman–Crippen LogP) is 2.82. The fraction of sp³-hybridized carbons (Fsp3) is 0.350. The van der Waals surface area contributed by atoms with Gasteiger partial charge in [-0.2, -0.15) is 0 Å². The number of rotatable bonds is 9. The van der Waals surface area contributed by atoms with E-state index in [4.69, 9.17) is 9.47 Å². The lowest BCUT2D eigenvalue weighted by atomic mass is 10.1. The van der Waals surface area contributed by atoms with E-state index >= 15 is 0 Å². The van der Waals surface area contributed by atoms with Crippen molar-refractivity contribution in [1.29, 1.82) is 0 Å². The zero-order chi connectivity index (χ0) is 20.7. The summed E-state index contributed by atoms with van der Waals surface area (Å²) in [6, 6.07) is 11.0. The van der Waals surface area contributed by atoms with Gasteiger partial charge < -0.3 is 14.8 Å². The van der Waals surface area contributed by atoms with Crippen LogP contribution in [0.3, 0.4) is 0 Å². The number of aryl methyl sites for hydroxylation is 1. The molecule has 1 atom stereocenters. The summed E-state index contributed by atoms with van der Waals surface area (Å²) in [5.41, 5.74) is 1.42. The van der Waals surface area contributed by atoms with Crippen LogP contribution in [0.25, 0.3) is 0 Å². The molecule has 0 aromatic heterocycles. The zero-order valence-corrected chi connectivity index (χ0v) is 17.3. The van der Waals surface area contributed by atoms with Crippen LogP contribution in [-0.2, 0) is 14.8 Å². The molecule has 2 rings (SSSR count). The van der Waals surface area contributed by atoms with E-state index in [2.05, 4.69) is 10.0 Å². The van der Waals surface area contributed by atoms with E-state index in [1.54, 1.807) is 44.4 Å². The number of sulfonamides is 1. The number of benzene rings is 2. The summed E-state index contributed by atoms with van der Waals surface area (Å²) in [5, 5.41) is 2.82. The monoisotopic (exact) mass is 406 g/mol. The first-order valence-electron chi connectivity index (χ1n) is 8.81.